The van der Waals surface area contributed by atoms with Crippen LogP contribution in [0, 0.1) is 0 Å². The lowest BCUT2D eigenvalue weighted by atomic mass is 9.81. The Kier molecular flexibility index (Phi) is 10.5. The Morgan fingerprint density at radius 2 is 1.05 bits per heavy atom. The first-order valence-corrected chi connectivity index (χ1v) is 12.9. The minimum absolute atomic E-state index is 0.0126. The fourth-order valence-electron chi connectivity index (χ4n) is 4.09. The molecule has 0 amide bonds. The third-order valence-corrected chi connectivity index (χ3v) is 6.17. The van der Waals surface area contributed by atoms with Gasteiger partial charge in [0.1, 0.15) is 24.7 Å². The van der Waals surface area contributed by atoms with Crippen molar-refractivity contribution in [1.29, 1.82) is 0 Å². The van der Waals surface area contributed by atoms with E-state index in [9.17, 15) is 29.4 Å². The summed E-state index contributed by atoms with van der Waals surface area (Å²) in [6.45, 7) is 1.90. The third-order valence-electron chi connectivity index (χ3n) is 6.17. The smallest absolute Gasteiger partial charge is 0.307 e. The van der Waals surface area contributed by atoms with Gasteiger partial charge < -0.3 is 40.1 Å². The van der Waals surface area contributed by atoms with Gasteiger partial charge >= 0.3 is 11.9 Å². The van der Waals surface area contributed by atoms with E-state index in [2.05, 4.69) is 10.6 Å². The molecule has 0 fully saturated rings. The number of ketones is 2. The van der Waals surface area contributed by atoms with Crippen molar-refractivity contribution in [3.8, 4) is 11.5 Å². The van der Waals surface area contributed by atoms with Crippen molar-refractivity contribution in [3.05, 3.63) is 46.5 Å². The van der Waals surface area contributed by atoms with Crippen LogP contribution >= 0.6 is 0 Å². The van der Waals surface area contributed by atoms with E-state index in [4.69, 9.17) is 9.47 Å². The topological polar surface area (TPSA) is 158 Å². The standard InChI is InChI=1S/C28H36N4O8/c1-31(2)13-15-39-21(35)9-11-29-17-5-7-19(33)25-23(17)27(37)26-20(34)8-6-18(24(26)28(25)38)30-12-10-22(36)40-16-14-32(3)4/h5-8,29-30,33-34H,9-16H2,1-4H3. The Morgan fingerprint density at radius 1 is 0.675 bits per heavy atom. The highest BCUT2D eigenvalue weighted by Gasteiger charge is 2.38. The van der Waals surface area contributed by atoms with Gasteiger partial charge in [0.2, 0.25) is 11.6 Å². The molecule has 0 radical (unpaired) electrons. The molecule has 0 bridgehead atoms. The van der Waals surface area contributed by atoms with Crippen LogP contribution in [-0.2, 0) is 19.1 Å². The number of carbonyl (C=O) groups excluding carboxylic acids is 4. The predicted molar refractivity (Wildman–Crippen MR) is 148 cm³/mol. The third kappa shape index (κ3) is 7.48. The van der Waals surface area contributed by atoms with Gasteiger partial charge in [-0.25, -0.2) is 0 Å². The zero-order valence-electron chi connectivity index (χ0n) is 23.2. The molecule has 1 aliphatic rings. The summed E-state index contributed by atoms with van der Waals surface area (Å²) in [7, 11) is 7.45. The van der Waals surface area contributed by atoms with Crippen LogP contribution in [0.2, 0.25) is 0 Å². The largest absolute Gasteiger partial charge is 0.507 e. The quantitative estimate of drug-likeness (QED) is 0.168. The van der Waals surface area contributed by atoms with E-state index in [-0.39, 0.29) is 72.8 Å². The van der Waals surface area contributed by atoms with Crippen molar-refractivity contribution in [2.45, 2.75) is 12.8 Å². The summed E-state index contributed by atoms with van der Waals surface area (Å²) in [6.07, 6.45) is 0.0252. The first-order valence-electron chi connectivity index (χ1n) is 12.9. The van der Waals surface area contributed by atoms with Crippen molar-refractivity contribution in [3.63, 3.8) is 0 Å². The number of phenolic OH excluding ortho intramolecular Hbond substituents is 2. The van der Waals surface area contributed by atoms with Crippen molar-refractivity contribution in [1.82, 2.24) is 9.80 Å². The molecule has 0 aromatic heterocycles. The number of hydrogen-bond donors (Lipinski definition) is 4. The summed E-state index contributed by atoms with van der Waals surface area (Å²) >= 11 is 0. The van der Waals surface area contributed by atoms with Gasteiger partial charge in [-0.1, -0.05) is 0 Å². The molecule has 12 nitrogen and oxygen atoms in total. The second-order valence-corrected chi connectivity index (χ2v) is 9.82. The number of hydrogen-bond acceptors (Lipinski definition) is 12. The summed E-state index contributed by atoms with van der Waals surface area (Å²) < 4.78 is 10.3. The molecule has 0 heterocycles. The molecular weight excluding hydrogens is 520 g/mol. The molecule has 4 N–H and O–H groups in total. The number of ether oxygens (including phenoxy) is 2. The predicted octanol–water partition coefficient (Wildman–Crippen LogP) is 1.69. The van der Waals surface area contributed by atoms with E-state index >= 15 is 0 Å². The Hall–Kier alpha value is -4.16. The minimum atomic E-state index is -0.666. The zero-order valence-corrected chi connectivity index (χ0v) is 23.2. The van der Waals surface area contributed by atoms with Crippen LogP contribution in [0.3, 0.4) is 0 Å². The molecule has 2 aromatic rings. The number of aromatic hydroxyl groups is 2. The van der Waals surface area contributed by atoms with E-state index in [0.29, 0.717) is 13.1 Å². The molecule has 0 saturated heterocycles. The summed E-state index contributed by atoms with van der Waals surface area (Å²) in [5, 5.41) is 27.0. The Bertz CT molecular complexity index is 1180. The maximum atomic E-state index is 13.6. The Labute approximate surface area is 232 Å². The first-order chi connectivity index (χ1) is 19.0. The van der Waals surface area contributed by atoms with Gasteiger partial charge in [0.05, 0.1) is 35.1 Å². The maximum absolute atomic E-state index is 13.6. The van der Waals surface area contributed by atoms with E-state index in [1.165, 1.54) is 24.3 Å². The summed E-state index contributed by atoms with van der Waals surface area (Å²) in [5.74, 6) is -2.98. The molecule has 0 atom stereocenters. The van der Waals surface area contributed by atoms with Crippen LogP contribution in [0.5, 0.6) is 11.5 Å². The van der Waals surface area contributed by atoms with Gasteiger partial charge in [-0.15, -0.1) is 0 Å². The lowest BCUT2D eigenvalue weighted by Crippen LogP contribution is -2.25. The number of fused-ring (bicyclic) bond motifs is 2. The summed E-state index contributed by atoms with van der Waals surface area (Å²) in [4.78, 5) is 55.0. The number of nitrogens with one attached hydrogen (secondary N) is 2. The second-order valence-electron chi connectivity index (χ2n) is 9.82. The highest BCUT2D eigenvalue weighted by Crippen LogP contribution is 2.42. The fraction of sp³-hybridized carbons (Fsp3) is 0.429. The number of benzene rings is 2. The summed E-state index contributed by atoms with van der Waals surface area (Å²) in [6, 6.07) is 5.43. The van der Waals surface area contributed by atoms with Gasteiger partial charge in [0.25, 0.3) is 0 Å². The SMILES string of the molecule is CN(C)CCOC(=O)CCNc1ccc(O)c2c1C(=O)c1c(O)ccc(NCCC(=O)OCCN(C)C)c1C2=O. The van der Waals surface area contributed by atoms with Crippen molar-refractivity contribution < 1.29 is 38.9 Å². The van der Waals surface area contributed by atoms with Crippen molar-refractivity contribution >= 4 is 34.9 Å². The van der Waals surface area contributed by atoms with E-state index < -0.39 is 35.0 Å². The maximum Gasteiger partial charge on any atom is 0.307 e. The van der Waals surface area contributed by atoms with Gasteiger partial charge in [0, 0.05) is 37.6 Å². The molecule has 12 heteroatoms. The molecule has 0 aliphatic heterocycles. The van der Waals surface area contributed by atoms with E-state index in [1.54, 1.807) is 0 Å². The number of nitrogens with zero attached hydrogens (tertiary/aromatic N) is 2. The molecule has 0 saturated carbocycles. The van der Waals surface area contributed by atoms with E-state index in [1.807, 2.05) is 38.0 Å². The van der Waals surface area contributed by atoms with Crippen LogP contribution in [0.15, 0.2) is 24.3 Å². The number of carbonyl (C=O) groups is 4. The van der Waals surface area contributed by atoms with Gasteiger partial charge in [0.15, 0.2) is 0 Å². The number of rotatable bonds is 14. The van der Waals surface area contributed by atoms with E-state index in [0.717, 1.165) is 0 Å². The number of esters is 2. The lowest BCUT2D eigenvalue weighted by molar-refractivity contribution is -0.144. The average Bonchev–Trinajstić information content (AvgIpc) is 2.88. The highest BCUT2D eigenvalue weighted by atomic mass is 16.5. The van der Waals surface area contributed by atoms with Gasteiger partial charge in [-0.2, -0.15) is 0 Å². The normalized spacial score (nSPS) is 12.2. The monoisotopic (exact) mass is 556 g/mol. The molecule has 0 unspecified atom stereocenters. The Balaban J connectivity index is 1.76. The number of phenols is 2. The summed E-state index contributed by atoms with van der Waals surface area (Å²) in [5.41, 5.74) is -0.168. The molecule has 1 aliphatic carbocycles. The molecule has 3 rings (SSSR count). The van der Waals surface area contributed by atoms with Gasteiger partial charge in [-0.3, -0.25) is 19.2 Å². The molecule has 2 aromatic carbocycles. The molecule has 0 spiro atoms. The van der Waals surface area contributed by atoms with Crippen LogP contribution in [0.1, 0.15) is 44.7 Å². The zero-order chi connectivity index (χ0) is 29.4. The van der Waals surface area contributed by atoms with Crippen LogP contribution < -0.4 is 10.6 Å². The number of anilines is 2. The van der Waals surface area contributed by atoms with Crippen LogP contribution in [0.4, 0.5) is 11.4 Å². The van der Waals surface area contributed by atoms with Crippen molar-refractivity contribution in [2.75, 3.05) is 78.2 Å². The highest BCUT2D eigenvalue weighted by molar-refractivity contribution is 6.33. The molecular formula is C28H36N4O8. The lowest BCUT2D eigenvalue weighted by Gasteiger charge is -2.24. The fourth-order valence-corrected chi connectivity index (χ4v) is 4.09. The minimum Gasteiger partial charge on any atom is -0.507 e. The first kappa shape index (κ1) is 30.4. The van der Waals surface area contributed by atoms with Crippen LogP contribution in [0.25, 0.3) is 0 Å². The van der Waals surface area contributed by atoms with Crippen LogP contribution in [-0.4, -0.2) is 111 Å². The average molecular weight is 557 g/mol. The van der Waals surface area contributed by atoms with Crippen molar-refractivity contribution in [2.24, 2.45) is 0 Å². The Morgan fingerprint density at radius 3 is 1.40 bits per heavy atom. The second kappa shape index (κ2) is 13.8. The molecule has 216 valence electrons. The number of likely N-dealkylation sites (N-methyl/N-ethyl adjacent to an activating group) is 2. The molecule has 40 heavy (non-hydrogen) atoms. The van der Waals surface area contributed by atoms with Gasteiger partial charge in [-0.05, 0) is 52.5 Å².